The Morgan fingerprint density at radius 1 is 1.15 bits per heavy atom. The standard InChI is InChI=1S/C22H29N5/c1-16-24-20-11-12-23-21(20)22(25-16)26-19-10-6-9-18(13-19)15-27(2)14-17-7-4-3-5-8-17/h3-5,7-8,11-12,18-19,23H,6,9-10,13-15H2,1-2H3,(H,24,25,26)/t18-,19-/m1/s1. The van der Waals surface area contributed by atoms with Gasteiger partial charge in [-0.1, -0.05) is 36.8 Å². The van der Waals surface area contributed by atoms with Crippen LogP contribution in [0.2, 0.25) is 0 Å². The van der Waals surface area contributed by atoms with Crippen molar-refractivity contribution in [2.75, 3.05) is 18.9 Å². The van der Waals surface area contributed by atoms with Crippen molar-refractivity contribution in [2.45, 2.75) is 45.2 Å². The molecule has 5 nitrogen and oxygen atoms in total. The third kappa shape index (κ3) is 4.48. The Morgan fingerprint density at radius 2 is 2.00 bits per heavy atom. The van der Waals surface area contributed by atoms with Gasteiger partial charge in [0.15, 0.2) is 5.82 Å². The smallest absolute Gasteiger partial charge is 0.154 e. The van der Waals surface area contributed by atoms with Gasteiger partial charge in [-0.2, -0.15) is 0 Å². The van der Waals surface area contributed by atoms with Crippen LogP contribution in [0.5, 0.6) is 0 Å². The summed E-state index contributed by atoms with van der Waals surface area (Å²) in [5.74, 6) is 2.50. The Labute approximate surface area is 161 Å². The normalized spacial score (nSPS) is 20.3. The second kappa shape index (κ2) is 8.09. The molecule has 4 rings (SSSR count). The van der Waals surface area contributed by atoms with Crippen molar-refractivity contribution >= 4 is 16.9 Å². The Hall–Kier alpha value is -2.40. The van der Waals surface area contributed by atoms with Gasteiger partial charge in [-0.25, -0.2) is 9.97 Å². The van der Waals surface area contributed by atoms with Crippen molar-refractivity contribution in [3.8, 4) is 0 Å². The molecule has 27 heavy (non-hydrogen) atoms. The van der Waals surface area contributed by atoms with Crippen LogP contribution in [0.25, 0.3) is 11.0 Å². The molecule has 5 heteroatoms. The van der Waals surface area contributed by atoms with E-state index in [1.807, 2.05) is 19.2 Å². The summed E-state index contributed by atoms with van der Waals surface area (Å²) in [6, 6.07) is 13.2. The predicted octanol–water partition coefficient (Wildman–Crippen LogP) is 4.37. The van der Waals surface area contributed by atoms with Crippen LogP contribution in [0.1, 0.15) is 37.1 Å². The maximum Gasteiger partial charge on any atom is 0.154 e. The third-order valence-electron chi connectivity index (χ3n) is 5.51. The SMILES string of the molecule is Cc1nc(N[C@@H]2CCC[C@@H](CN(C)Cc3ccccc3)C2)c2[nH]ccc2n1. The molecule has 0 radical (unpaired) electrons. The quantitative estimate of drug-likeness (QED) is 0.683. The van der Waals surface area contributed by atoms with Crippen LogP contribution in [0.15, 0.2) is 42.6 Å². The molecule has 0 aliphatic heterocycles. The van der Waals surface area contributed by atoms with Gasteiger partial charge in [0.1, 0.15) is 11.3 Å². The van der Waals surface area contributed by atoms with Gasteiger partial charge in [0.2, 0.25) is 0 Å². The van der Waals surface area contributed by atoms with E-state index < -0.39 is 0 Å². The third-order valence-corrected chi connectivity index (χ3v) is 5.51. The predicted molar refractivity (Wildman–Crippen MR) is 111 cm³/mol. The summed E-state index contributed by atoms with van der Waals surface area (Å²) in [5.41, 5.74) is 3.39. The Bertz CT molecular complexity index is 873. The first-order valence-electron chi connectivity index (χ1n) is 9.98. The minimum absolute atomic E-state index is 0.481. The summed E-state index contributed by atoms with van der Waals surface area (Å²) in [5, 5.41) is 3.70. The molecule has 2 atom stereocenters. The number of anilines is 1. The van der Waals surface area contributed by atoms with E-state index in [2.05, 4.69) is 62.5 Å². The van der Waals surface area contributed by atoms with Gasteiger partial charge in [0.25, 0.3) is 0 Å². The zero-order valence-corrected chi connectivity index (χ0v) is 16.3. The molecule has 2 aromatic heterocycles. The van der Waals surface area contributed by atoms with Crippen LogP contribution in [-0.2, 0) is 6.54 Å². The number of aromatic nitrogens is 3. The molecule has 142 valence electrons. The van der Waals surface area contributed by atoms with Gasteiger partial charge < -0.3 is 15.2 Å². The highest BCUT2D eigenvalue weighted by atomic mass is 15.1. The number of aryl methyl sites for hydroxylation is 1. The topological polar surface area (TPSA) is 56.8 Å². The molecule has 0 amide bonds. The summed E-state index contributed by atoms with van der Waals surface area (Å²) < 4.78 is 0. The maximum atomic E-state index is 4.65. The molecular formula is C22H29N5. The van der Waals surface area contributed by atoms with E-state index in [9.17, 15) is 0 Å². The molecule has 2 heterocycles. The highest BCUT2D eigenvalue weighted by molar-refractivity contribution is 5.85. The van der Waals surface area contributed by atoms with E-state index in [0.29, 0.717) is 6.04 Å². The van der Waals surface area contributed by atoms with Crippen molar-refractivity contribution in [1.82, 2.24) is 19.9 Å². The van der Waals surface area contributed by atoms with Crippen LogP contribution >= 0.6 is 0 Å². The molecule has 1 aliphatic rings. The van der Waals surface area contributed by atoms with Crippen molar-refractivity contribution in [3.63, 3.8) is 0 Å². The number of aromatic amines is 1. The van der Waals surface area contributed by atoms with Crippen LogP contribution in [0.3, 0.4) is 0 Å². The molecule has 1 aromatic carbocycles. The molecule has 0 saturated heterocycles. The minimum Gasteiger partial charge on any atom is -0.365 e. The van der Waals surface area contributed by atoms with E-state index in [1.165, 1.54) is 31.2 Å². The highest BCUT2D eigenvalue weighted by Crippen LogP contribution is 2.29. The number of nitrogens with one attached hydrogen (secondary N) is 2. The summed E-state index contributed by atoms with van der Waals surface area (Å²) in [4.78, 5) is 14.9. The lowest BCUT2D eigenvalue weighted by atomic mass is 9.85. The lowest BCUT2D eigenvalue weighted by molar-refractivity contribution is 0.221. The molecule has 0 unspecified atom stereocenters. The van der Waals surface area contributed by atoms with Gasteiger partial charge >= 0.3 is 0 Å². The second-order valence-electron chi connectivity index (χ2n) is 7.91. The molecule has 0 bridgehead atoms. The molecule has 1 aliphatic carbocycles. The van der Waals surface area contributed by atoms with Gasteiger partial charge in [-0.3, -0.25) is 0 Å². The van der Waals surface area contributed by atoms with Crippen molar-refractivity contribution in [2.24, 2.45) is 5.92 Å². The Kier molecular flexibility index (Phi) is 5.39. The van der Waals surface area contributed by atoms with E-state index in [4.69, 9.17) is 0 Å². The maximum absolute atomic E-state index is 4.65. The first-order valence-corrected chi connectivity index (χ1v) is 9.98. The molecular weight excluding hydrogens is 334 g/mol. The van der Waals surface area contributed by atoms with Crippen LogP contribution in [0.4, 0.5) is 5.82 Å². The van der Waals surface area contributed by atoms with Crippen molar-refractivity contribution in [3.05, 3.63) is 54.0 Å². The van der Waals surface area contributed by atoms with Gasteiger partial charge in [-0.15, -0.1) is 0 Å². The fourth-order valence-corrected chi connectivity index (χ4v) is 4.35. The zero-order valence-electron chi connectivity index (χ0n) is 16.3. The van der Waals surface area contributed by atoms with Gasteiger partial charge in [-0.05, 0) is 50.8 Å². The number of hydrogen-bond donors (Lipinski definition) is 2. The van der Waals surface area contributed by atoms with Crippen LogP contribution < -0.4 is 5.32 Å². The summed E-state index contributed by atoms with van der Waals surface area (Å²) in [6.45, 7) is 4.12. The van der Waals surface area contributed by atoms with Gasteiger partial charge in [0, 0.05) is 25.3 Å². The Morgan fingerprint density at radius 3 is 2.85 bits per heavy atom. The van der Waals surface area contributed by atoms with E-state index in [1.54, 1.807) is 0 Å². The zero-order chi connectivity index (χ0) is 18.6. The number of rotatable bonds is 6. The molecule has 1 fully saturated rings. The largest absolute Gasteiger partial charge is 0.365 e. The van der Waals surface area contributed by atoms with Gasteiger partial charge in [0.05, 0.1) is 5.52 Å². The highest BCUT2D eigenvalue weighted by Gasteiger charge is 2.24. The average Bonchev–Trinajstić information content (AvgIpc) is 3.11. The fourth-order valence-electron chi connectivity index (χ4n) is 4.35. The fraction of sp³-hybridized carbons (Fsp3) is 0.455. The first-order chi connectivity index (χ1) is 13.2. The summed E-state index contributed by atoms with van der Waals surface area (Å²) >= 11 is 0. The van der Waals surface area contributed by atoms with Crippen LogP contribution in [-0.4, -0.2) is 39.5 Å². The number of H-pyrrole nitrogens is 1. The average molecular weight is 364 g/mol. The Balaban J connectivity index is 1.37. The lowest BCUT2D eigenvalue weighted by Crippen LogP contribution is -2.34. The number of benzene rings is 1. The minimum atomic E-state index is 0.481. The summed E-state index contributed by atoms with van der Waals surface area (Å²) in [6.07, 6.45) is 6.94. The summed E-state index contributed by atoms with van der Waals surface area (Å²) in [7, 11) is 2.24. The van der Waals surface area contributed by atoms with E-state index >= 15 is 0 Å². The number of nitrogens with zero attached hydrogens (tertiary/aromatic N) is 3. The molecule has 1 saturated carbocycles. The first kappa shape index (κ1) is 18.0. The molecule has 0 spiro atoms. The lowest BCUT2D eigenvalue weighted by Gasteiger charge is -2.32. The van der Waals surface area contributed by atoms with E-state index in [-0.39, 0.29) is 0 Å². The second-order valence-corrected chi connectivity index (χ2v) is 7.91. The van der Waals surface area contributed by atoms with Crippen molar-refractivity contribution in [1.29, 1.82) is 0 Å². The molecule has 3 aromatic rings. The van der Waals surface area contributed by atoms with Crippen LogP contribution in [0, 0.1) is 12.8 Å². The van der Waals surface area contributed by atoms with E-state index in [0.717, 1.165) is 41.7 Å². The van der Waals surface area contributed by atoms with Crippen molar-refractivity contribution < 1.29 is 0 Å². The molecule has 2 N–H and O–H groups in total. The monoisotopic (exact) mass is 363 g/mol. The number of fused-ring (bicyclic) bond motifs is 1. The number of hydrogen-bond acceptors (Lipinski definition) is 4.